The Labute approximate surface area is 241 Å². The molecule has 2 aromatic heterocycles. The maximum Gasteiger partial charge on any atom is 0.277 e. The van der Waals surface area contributed by atoms with Crippen LogP contribution in [0.2, 0.25) is 0 Å². The van der Waals surface area contributed by atoms with Crippen molar-refractivity contribution in [1.29, 1.82) is 0 Å². The minimum Gasteiger partial charge on any atom is -0.310 e. The van der Waals surface area contributed by atoms with Crippen molar-refractivity contribution in [2.75, 3.05) is 9.80 Å². The summed E-state index contributed by atoms with van der Waals surface area (Å²) in [5.74, 6) is 0. The molecular weight excluding hydrogens is 523 g/mol. The molecule has 0 saturated heterocycles. The molecule has 0 atom stereocenters. The first kappa shape index (κ1) is 22.5. The zero-order chi connectivity index (χ0) is 26.4. The molecule has 0 amide bonds. The molecule has 0 radical (unpaired) electrons. The summed E-state index contributed by atoms with van der Waals surface area (Å²) in [6.45, 7) is 2.42. The standard InChI is InChI=1S/C35H23BN2S2/c1-22-20-27-31-28(21-22)38(24-14-6-3-7-15-24)33-26-17-9-11-19-30(26)40-35(33)36(31)34-32(25-16-8-10-18-29(25)39-34)37(27)23-12-4-2-5-13-23/h2-21H,1H3. The Morgan fingerprint density at radius 2 is 0.950 bits per heavy atom. The maximum atomic E-state index is 2.53. The van der Waals surface area contributed by atoms with E-state index in [0.29, 0.717) is 0 Å². The van der Waals surface area contributed by atoms with Gasteiger partial charge in [-0.25, -0.2) is 0 Å². The van der Waals surface area contributed by atoms with Crippen LogP contribution in [0, 0.1) is 6.92 Å². The first-order valence-electron chi connectivity index (χ1n) is 13.7. The van der Waals surface area contributed by atoms with Crippen molar-refractivity contribution < 1.29 is 0 Å². The molecule has 0 aliphatic carbocycles. The Morgan fingerprint density at radius 1 is 0.525 bits per heavy atom. The van der Waals surface area contributed by atoms with Gasteiger partial charge in [0, 0.05) is 52.5 Å². The monoisotopic (exact) mass is 546 g/mol. The van der Waals surface area contributed by atoms with Crippen molar-refractivity contribution in [2.45, 2.75) is 6.92 Å². The normalized spacial score (nSPS) is 13.5. The molecule has 5 heteroatoms. The quantitative estimate of drug-likeness (QED) is 0.201. The smallest absolute Gasteiger partial charge is 0.277 e. The van der Waals surface area contributed by atoms with E-state index in [2.05, 4.69) is 138 Å². The van der Waals surface area contributed by atoms with Crippen molar-refractivity contribution >= 4 is 98.7 Å². The lowest BCUT2D eigenvalue weighted by atomic mass is 9.39. The summed E-state index contributed by atoms with van der Waals surface area (Å²) in [6, 6.07) is 44.4. The van der Waals surface area contributed by atoms with Crippen LogP contribution in [0.5, 0.6) is 0 Å². The van der Waals surface area contributed by atoms with E-state index in [1.165, 1.54) is 74.9 Å². The predicted octanol–water partition coefficient (Wildman–Crippen LogP) is 8.51. The third kappa shape index (κ3) is 2.99. The molecule has 0 saturated carbocycles. The van der Waals surface area contributed by atoms with E-state index in [0.717, 1.165) is 0 Å². The van der Waals surface area contributed by atoms with E-state index in [1.807, 2.05) is 22.7 Å². The highest BCUT2D eigenvalue weighted by Crippen LogP contribution is 2.50. The topological polar surface area (TPSA) is 6.48 Å². The second-order valence-corrected chi connectivity index (χ2v) is 12.8. The van der Waals surface area contributed by atoms with Crippen LogP contribution < -0.4 is 24.8 Å². The second kappa shape index (κ2) is 8.34. The molecule has 5 aromatic carbocycles. The maximum absolute atomic E-state index is 2.53. The van der Waals surface area contributed by atoms with Gasteiger partial charge in [-0.3, -0.25) is 0 Å². The molecule has 2 aliphatic heterocycles. The molecule has 0 bridgehead atoms. The molecule has 9 rings (SSSR count). The van der Waals surface area contributed by atoms with Gasteiger partial charge in [0.15, 0.2) is 0 Å². The van der Waals surface area contributed by atoms with Crippen molar-refractivity contribution in [3.05, 3.63) is 127 Å². The molecule has 7 aromatic rings. The summed E-state index contributed by atoms with van der Waals surface area (Å²) in [5, 5.41) is 2.65. The zero-order valence-corrected chi connectivity index (χ0v) is 23.5. The number of para-hydroxylation sites is 2. The van der Waals surface area contributed by atoms with Crippen LogP contribution >= 0.6 is 22.7 Å². The Morgan fingerprint density at radius 3 is 1.43 bits per heavy atom. The van der Waals surface area contributed by atoms with Gasteiger partial charge >= 0.3 is 0 Å². The lowest BCUT2D eigenvalue weighted by Gasteiger charge is -2.42. The molecule has 0 N–H and O–H groups in total. The van der Waals surface area contributed by atoms with Crippen molar-refractivity contribution in [3.8, 4) is 0 Å². The van der Waals surface area contributed by atoms with Crippen molar-refractivity contribution in [2.24, 2.45) is 0 Å². The van der Waals surface area contributed by atoms with Gasteiger partial charge < -0.3 is 9.80 Å². The van der Waals surface area contributed by atoms with Crippen LogP contribution in [0.4, 0.5) is 34.1 Å². The fourth-order valence-electron chi connectivity index (χ4n) is 6.69. The van der Waals surface area contributed by atoms with Gasteiger partial charge in [0.2, 0.25) is 0 Å². The van der Waals surface area contributed by atoms with Crippen LogP contribution in [-0.4, -0.2) is 6.71 Å². The van der Waals surface area contributed by atoms with E-state index in [1.54, 1.807) is 0 Å². The summed E-state index contributed by atoms with van der Waals surface area (Å²) in [7, 11) is 0. The summed E-state index contributed by atoms with van der Waals surface area (Å²) in [6.07, 6.45) is 0. The minimum atomic E-state index is 0.185. The molecule has 0 spiro atoms. The highest BCUT2D eigenvalue weighted by Gasteiger charge is 2.46. The minimum absolute atomic E-state index is 0.185. The Balaban J connectivity index is 1.47. The van der Waals surface area contributed by atoms with E-state index in [9.17, 15) is 0 Å². The summed E-state index contributed by atoms with van der Waals surface area (Å²) in [4.78, 5) is 5.05. The summed E-state index contributed by atoms with van der Waals surface area (Å²) < 4.78 is 5.55. The van der Waals surface area contributed by atoms with Crippen LogP contribution in [0.3, 0.4) is 0 Å². The average Bonchev–Trinajstić information content (AvgIpc) is 3.57. The highest BCUT2D eigenvalue weighted by molar-refractivity contribution is 7.40. The lowest BCUT2D eigenvalue weighted by Crippen LogP contribution is -2.59. The average molecular weight is 547 g/mol. The van der Waals surface area contributed by atoms with Gasteiger partial charge in [0.25, 0.3) is 6.71 Å². The van der Waals surface area contributed by atoms with Crippen LogP contribution in [0.15, 0.2) is 121 Å². The Hall–Kier alpha value is -4.32. The molecule has 0 unspecified atom stereocenters. The number of nitrogens with zero attached hydrogens (tertiary/aromatic N) is 2. The molecule has 2 nitrogen and oxygen atoms in total. The predicted molar refractivity (Wildman–Crippen MR) is 176 cm³/mol. The SMILES string of the molecule is Cc1cc2c3c(c1)N(c1ccccc1)c1c(sc4ccccc14)B3c1sc3ccccc3c1N2c1ccccc1. The number of anilines is 6. The van der Waals surface area contributed by atoms with Gasteiger partial charge in [0.1, 0.15) is 0 Å². The third-order valence-corrected chi connectivity index (χ3v) is 10.7. The first-order chi connectivity index (χ1) is 19.8. The zero-order valence-electron chi connectivity index (χ0n) is 21.8. The van der Waals surface area contributed by atoms with Crippen molar-refractivity contribution in [3.63, 3.8) is 0 Å². The number of fused-ring (bicyclic) bond motifs is 8. The number of hydrogen-bond acceptors (Lipinski definition) is 4. The molecular formula is C35H23BN2S2. The van der Waals surface area contributed by atoms with E-state index in [-0.39, 0.29) is 6.71 Å². The number of aryl methyl sites for hydroxylation is 1. The fourth-order valence-corrected chi connectivity index (χ4v) is 9.39. The summed E-state index contributed by atoms with van der Waals surface area (Å²) >= 11 is 3.92. The fraction of sp³-hybridized carbons (Fsp3) is 0.0286. The molecule has 4 heterocycles. The first-order valence-corrected chi connectivity index (χ1v) is 15.3. The summed E-state index contributed by atoms with van der Waals surface area (Å²) in [5.41, 5.74) is 10.3. The molecule has 40 heavy (non-hydrogen) atoms. The third-order valence-electron chi connectivity index (χ3n) is 8.24. The van der Waals surface area contributed by atoms with Gasteiger partial charge in [-0.15, -0.1) is 22.7 Å². The van der Waals surface area contributed by atoms with Crippen molar-refractivity contribution in [1.82, 2.24) is 0 Å². The largest absolute Gasteiger partial charge is 0.310 e. The van der Waals surface area contributed by atoms with Crippen LogP contribution in [0.1, 0.15) is 5.56 Å². The van der Waals surface area contributed by atoms with Crippen LogP contribution in [-0.2, 0) is 0 Å². The molecule has 2 aliphatic rings. The molecule has 0 fully saturated rings. The van der Waals surface area contributed by atoms with Gasteiger partial charge in [-0.05, 0) is 66.5 Å². The van der Waals surface area contributed by atoms with E-state index >= 15 is 0 Å². The number of benzene rings is 5. The van der Waals surface area contributed by atoms with Gasteiger partial charge in [-0.2, -0.15) is 0 Å². The van der Waals surface area contributed by atoms with E-state index in [4.69, 9.17) is 0 Å². The highest BCUT2D eigenvalue weighted by atomic mass is 32.1. The van der Waals surface area contributed by atoms with E-state index < -0.39 is 0 Å². The van der Waals surface area contributed by atoms with Gasteiger partial charge in [0.05, 0.1) is 11.4 Å². The number of thiophene rings is 2. The Kier molecular flexibility index (Phi) is 4.69. The van der Waals surface area contributed by atoms with Crippen LogP contribution in [0.25, 0.3) is 20.2 Å². The molecule has 188 valence electrons. The number of hydrogen-bond donors (Lipinski definition) is 0. The van der Waals surface area contributed by atoms with Gasteiger partial charge in [-0.1, -0.05) is 72.8 Å². The number of rotatable bonds is 2. The lowest BCUT2D eigenvalue weighted by molar-refractivity contribution is 1.26. The second-order valence-electron chi connectivity index (χ2n) is 10.6. The Bertz CT molecular complexity index is 1950.